The number of para-hydroxylation sites is 1. The summed E-state index contributed by atoms with van der Waals surface area (Å²) in [6.45, 7) is 8.28. The van der Waals surface area contributed by atoms with E-state index in [9.17, 15) is 14.4 Å². The molecular formula is C48H56F2N10O5. The van der Waals surface area contributed by atoms with Crippen LogP contribution in [0, 0.1) is 5.92 Å². The monoisotopic (exact) mass is 890 g/mol. The molecule has 1 N–H and O–H groups in total. The van der Waals surface area contributed by atoms with E-state index >= 15 is 8.78 Å². The molecule has 2 aromatic carbocycles. The Morgan fingerprint density at radius 2 is 1.68 bits per heavy atom. The van der Waals surface area contributed by atoms with Gasteiger partial charge in [0.1, 0.15) is 11.4 Å². The average Bonchev–Trinajstić information content (AvgIpc) is 3.95. The summed E-state index contributed by atoms with van der Waals surface area (Å²) in [5.41, 5.74) is 7.08. The maximum absolute atomic E-state index is 15.2. The van der Waals surface area contributed by atoms with Crippen molar-refractivity contribution in [3.05, 3.63) is 77.4 Å². The molecule has 3 aromatic heterocycles. The molecule has 65 heavy (non-hydrogen) atoms. The molecular weight excluding hydrogens is 835 g/mol. The van der Waals surface area contributed by atoms with Crippen LogP contribution in [-0.2, 0) is 29.0 Å². The predicted molar refractivity (Wildman–Crippen MR) is 243 cm³/mol. The van der Waals surface area contributed by atoms with Crippen molar-refractivity contribution in [1.82, 2.24) is 34.3 Å². The van der Waals surface area contributed by atoms with E-state index in [1.807, 2.05) is 33.6 Å². The van der Waals surface area contributed by atoms with Crippen molar-refractivity contribution in [1.29, 1.82) is 0 Å². The molecule has 8 heterocycles. The Balaban J connectivity index is 0.853. The smallest absolute Gasteiger partial charge is 0.328 e. The number of aryl methyl sites for hydroxylation is 1. The van der Waals surface area contributed by atoms with Crippen LogP contribution in [-0.4, -0.2) is 113 Å². The highest BCUT2D eigenvalue weighted by Gasteiger charge is 2.36. The minimum absolute atomic E-state index is 0.0124. The van der Waals surface area contributed by atoms with Crippen molar-refractivity contribution < 1.29 is 32.6 Å². The summed E-state index contributed by atoms with van der Waals surface area (Å²) in [6.07, 6.45) is 8.98. The third kappa shape index (κ3) is 8.01. The topological polar surface area (TPSA) is 133 Å². The fraction of sp³-hybridized carbons (Fsp3) is 0.479. The zero-order chi connectivity index (χ0) is 44.9. The summed E-state index contributed by atoms with van der Waals surface area (Å²) in [5, 5.41) is 7.81. The highest BCUT2D eigenvalue weighted by Crippen LogP contribution is 2.46. The summed E-state index contributed by atoms with van der Waals surface area (Å²) >= 11 is 0. The molecule has 17 heteroatoms. The van der Waals surface area contributed by atoms with Gasteiger partial charge in [0.05, 0.1) is 44.4 Å². The number of methoxy groups -OCH3 is 2. The molecule has 10 rings (SSSR count). The SMILES string of the molecule is COc1cn2ccnc2cc1-c1cc2c(cc1C(F)F)N(c1nn(C3CCN(CC4CCN(c5cccc(N6CCC(=O)NC6=O)c5OC)CC4)CC3)c3c1CN(C(C)=O)CC3)CCC2. The molecule has 4 amide bonds. The summed E-state index contributed by atoms with van der Waals surface area (Å²) in [4.78, 5) is 52.2. The van der Waals surface area contributed by atoms with Gasteiger partial charge in [-0.3, -0.25) is 24.5 Å². The number of halogens is 2. The first kappa shape index (κ1) is 42.7. The van der Waals surface area contributed by atoms with E-state index in [2.05, 4.69) is 29.7 Å². The van der Waals surface area contributed by atoms with Crippen LogP contribution >= 0.6 is 0 Å². The first-order chi connectivity index (χ1) is 31.6. The number of urea groups is 1. The number of carbonyl (C=O) groups is 3. The van der Waals surface area contributed by atoms with Gasteiger partial charge in [0.15, 0.2) is 11.6 Å². The second-order valence-corrected chi connectivity index (χ2v) is 18.0. The van der Waals surface area contributed by atoms with Gasteiger partial charge in [-0.2, -0.15) is 5.10 Å². The van der Waals surface area contributed by atoms with Gasteiger partial charge < -0.3 is 33.5 Å². The second kappa shape index (κ2) is 17.6. The van der Waals surface area contributed by atoms with Crippen molar-refractivity contribution in [2.45, 2.75) is 77.3 Å². The minimum Gasteiger partial charge on any atom is -0.495 e. The molecule has 3 fully saturated rings. The standard InChI is InChI=1S/C48H56F2N10O5/c1-30(61)56-21-13-38-37(28-56)47(58-16-5-6-32-24-34(36(46(49)50)25-41(32)58)35-26-43-51-15-23-57(43)29-42(35)64-2)53-60(38)33-11-17-54(18-12-33)27-31-9-19-55(20-10-31)39-7-4-8-40(45(39)65-3)59-22-14-44(62)52-48(59)63/h4,7-8,15,23-26,29,31,33,46H,5-6,9-14,16-22,27-28H2,1-3H3,(H,52,62,63). The Morgan fingerprint density at radius 3 is 2.42 bits per heavy atom. The van der Waals surface area contributed by atoms with Crippen LogP contribution in [0.1, 0.15) is 80.3 Å². The van der Waals surface area contributed by atoms with E-state index in [4.69, 9.17) is 14.6 Å². The minimum atomic E-state index is -2.73. The molecule has 15 nitrogen and oxygen atoms in total. The molecule has 5 aliphatic heterocycles. The van der Waals surface area contributed by atoms with Gasteiger partial charge in [0, 0.05) is 113 Å². The first-order valence-corrected chi connectivity index (χ1v) is 22.9. The zero-order valence-electron chi connectivity index (χ0n) is 37.3. The van der Waals surface area contributed by atoms with Crippen molar-refractivity contribution in [3.63, 3.8) is 0 Å². The number of amides is 4. The summed E-state index contributed by atoms with van der Waals surface area (Å²) in [5.74, 6) is 2.19. The number of piperidine rings is 2. The molecule has 342 valence electrons. The van der Waals surface area contributed by atoms with Crippen molar-refractivity contribution in [2.75, 3.05) is 81.3 Å². The third-order valence-corrected chi connectivity index (χ3v) is 14.3. The number of nitrogens with one attached hydrogen (secondary N) is 1. The molecule has 5 aliphatic rings. The first-order valence-electron chi connectivity index (χ1n) is 22.9. The van der Waals surface area contributed by atoms with Crippen molar-refractivity contribution in [2.24, 2.45) is 5.92 Å². The maximum Gasteiger partial charge on any atom is 0.328 e. The molecule has 0 aliphatic carbocycles. The lowest BCUT2D eigenvalue weighted by Gasteiger charge is -2.39. The van der Waals surface area contributed by atoms with Crippen molar-refractivity contribution in [3.8, 4) is 22.6 Å². The largest absolute Gasteiger partial charge is 0.495 e. The number of ether oxygens (including phenoxy) is 2. The summed E-state index contributed by atoms with van der Waals surface area (Å²) < 4.78 is 46.0. The maximum atomic E-state index is 15.2. The molecule has 0 atom stereocenters. The lowest BCUT2D eigenvalue weighted by molar-refractivity contribution is -0.129. The van der Waals surface area contributed by atoms with Gasteiger partial charge in [0.2, 0.25) is 11.8 Å². The van der Waals surface area contributed by atoms with Gasteiger partial charge in [-0.1, -0.05) is 6.07 Å². The Labute approximate surface area is 376 Å². The van der Waals surface area contributed by atoms with Crippen LogP contribution in [0.3, 0.4) is 0 Å². The van der Waals surface area contributed by atoms with Gasteiger partial charge in [0.25, 0.3) is 6.43 Å². The summed E-state index contributed by atoms with van der Waals surface area (Å²) in [7, 11) is 3.18. The molecule has 0 bridgehead atoms. The van der Waals surface area contributed by atoms with E-state index in [0.717, 1.165) is 105 Å². The van der Waals surface area contributed by atoms with Gasteiger partial charge in [-0.25, -0.2) is 18.6 Å². The van der Waals surface area contributed by atoms with E-state index in [0.29, 0.717) is 72.5 Å². The third-order valence-electron chi connectivity index (χ3n) is 14.3. The van der Waals surface area contributed by atoms with Crippen LogP contribution in [0.4, 0.5) is 36.5 Å². The number of pyridine rings is 1. The van der Waals surface area contributed by atoms with Crippen LogP contribution in [0.25, 0.3) is 16.8 Å². The number of alkyl halides is 2. The molecule has 0 radical (unpaired) electrons. The normalized spacial score (nSPS) is 18.9. The lowest BCUT2D eigenvalue weighted by atomic mass is 9.91. The number of nitrogens with zero attached hydrogens (tertiary/aromatic N) is 9. The number of rotatable bonds is 10. The summed E-state index contributed by atoms with van der Waals surface area (Å²) in [6, 6.07) is 11.0. The number of anilines is 4. The Hall–Kier alpha value is -6.23. The Bertz CT molecular complexity index is 2630. The van der Waals surface area contributed by atoms with E-state index in [-0.39, 0.29) is 29.8 Å². The molecule has 0 spiro atoms. The van der Waals surface area contributed by atoms with E-state index in [1.54, 1.807) is 56.8 Å². The number of imide groups is 1. The fourth-order valence-corrected chi connectivity index (χ4v) is 10.9. The number of benzene rings is 2. The van der Waals surface area contributed by atoms with Gasteiger partial charge >= 0.3 is 6.03 Å². The van der Waals surface area contributed by atoms with Gasteiger partial charge in [-0.05, 0) is 85.9 Å². The number of aromatic nitrogens is 4. The lowest BCUT2D eigenvalue weighted by Crippen LogP contribution is -2.49. The highest BCUT2D eigenvalue weighted by atomic mass is 19.3. The highest BCUT2D eigenvalue weighted by molar-refractivity contribution is 6.06. The number of imidazole rings is 1. The fourth-order valence-electron chi connectivity index (χ4n) is 10.9. The van der Waals surface area contributed by atoms with Gasteiger partial charge in [-0.15, -0.1) is 0 Å². The zero-order valence-corrected chi connectivity index (χ0v) is 37.3. The average molecular weight is 891 g/mol. The quantitative estimate of drug-likeness (QED) is 0.154. The number of carbonyl (C=O) groups excluding carboxylic acids is 3. The molecule has 0 unspecified atom stereocenters. The Morgan fingerprint density at radius 1 is 0.877 bits per heavy atom. The number of fused-ring (bicyclic) bond motifs is 3. The predicted octanol–water partition coefficient (Wildman–Crippen LogP) is 7.14. The second-order valence-electron chi connectivity index (χ2n) is 18.0. The number of hydrogen-bond acceptors (Lipinski definition) is 10. The van der Waals surface area contributed by atoms with Crippen LogP contribution in [0.5, 0.6) is 11.5 Å². The van der Waals surface area contributed by atoms with E-state index in [1.165, 1.54) is 0 Å². The van der Waals surface area contributed by atoms with Crippen LogP contribution in [0.2, 0.25) is 0 Å². The Kier molecular flexibility index (Phi) is 11.6. The molecule has 5 aromatic rings. The number of likely N-dealkylation sites (tertiary alicyclic amines) is 1. The van der Waals surface area contributed by atoms with E-state index < -0.39 is 12.5 Å². The van der Waals surface area contributed by atoms with Crippen LogP contribution in [0.15, 0.2) is 55.0 Å². The molecule has 3 saturated heterocycles. The molecule has 0 saturated carbocycles. The van der Waals surface area contributed by atoms with Crippen LogP contribution < -0.4 is 29.5 Å². The number of hydrogen-bond donors (Lipinski definition) is 1. The van der Waals surface area contributed by atoms with Crippen molar-refractivity contribution >= 4 is 46.4 Å².